The number of carboxylic acid groups (broad SMARTS) is 1. The molecular weight excluding hydrogens is 455 g/mol. The van der Waals surface area contributed by atoms with E-state index < -0.39 is 29.3 Å². The number of aromatic nitrogens is 2. The highest BCUT2D eigenvalue weighted by Gasteiger charge is 2.32. The first-order chi connectivity index (χ1) is 16.9. The van der Waals surface area contributed by atoms with Crippen molar-refractivity contribution in [1.82, 2.24) is 9.78 Å². The Morgan fingerprint density at radius 1 is 0.857 bits per heavy atom. The molecule has 1 aromatic heterocycles. The Hall–Kier alpha value is -4.79. The minimum atomic E-state index is -1.39. The summed E-state index contributed by atoms with van der Waals surface area (Å²) in [6.07, 6.45) is 0. The molecule has 3 aromatic carbocycles. The third kappa shape index (κ3) is 4.26. The molecule has 0 saturated heterocycles. The SMILES string of the molecule is COC(=O)c1c(-c2ccccc2-c2ccc(C(=O)O)c(F)c2)nn(-c2ccccc2)c1C(=O)OC. The van der Waals surface area contributed by atoms with E-state index in [9.17, 15) is 18.8 Å². The van der Waals surface area contributed by atoms with Gasteiger partial charge in [0.25, 0.3) is 0 Å². The second-order valence-corrected chi connectivity index (χ2v) is 7.35. The van der Waals surface area contributed by atoms with Crippen LogP contribution in [-0.4, -0.2) is 47.0 Å². The van der Waals surface area contributed by atoms with Gasteiger partial charge in [-0.2, -0.15) is 5.10 Å². The first-order valence-corrected chi connectivity index (χ1v) is 10.3. The number of rotatable bonds is 6. The molecule has 0 aliphatic rings. The molecule has 176 valence electrons. The van der Waals surface area contributed by atoms with E-state index in [0.717, 1.165) is 12.1 Å². The van der Waals surface area contributed by atoms with Crippen molar-refractivity contribution in [3.05, 3.63) is 95.4 Å². The smallest absolute Gasteiger partial charge is 0.357 e. The number of esters is 2. The molecule has 0 aliphatic carbocycles. The van der Waals surface area contributed by atoms with E-state index in [0.29, 0.717) is 22.4 Å². The van der Waals surface area contributed by atoms with Gasteiger partial charge in [-0.05, 0) is 35.4 Å². The largest absolute Gasteiger partial charge is 0.478 e. The molecule has 0 radical (unpaired) electrons. The first kappa shape index (κ1) is 23.4. The van der Waals surface area contributed by atoms with Gasteiger partial charge in [0, 0.05) is 5.56 Å². The summed E-state index contributed by atoms with van der Waals surface area (Å²) in [6, 6.07) is 19.1. The van der Waals surface area contributed by atoms with Gasteiger partial charge < -0.3 is 14.6 Å². The highest BCUT2D eigenvalue weighted by atomic mass is 19.1. The minimum absolute atomic E-state index is 0.111. The summed E-state index contributed by atoms with van der Waals surface area (Å²) >= 11 is 0. The summed E-state index contributed by atoms with van der Waals surface area (Å²) < 4.78 is 25.7. The van der Waals surface area contributed by atoms with Crippen molar-refractivity contribution in [1.29, 1.82) is 0 Å². The third-order valence-electron chi connectivity index (χ3n) is 5.35. The lowest BCUT2D eigenvalue weighted by molar-refractivity contribution is 0.0549. The Balaban J connectivity index is 2.02. The number of carbonyl (C=O) groups excluding carboxylic acids is 2. The van der Waals surface area contributed by atoms with Gasteiger partial charge in [-0.25, -0.2) is 23.5 Å². The summed E-state index contributed by atoms with van der Waals surface area (Å²) in [6.45, 7) is 0. The summed E-state index contributed by atoms with van der Waals surface area (Å²) in [5, 5.41) is 13.7. The fourth-order valence-corrected chi connectivity index (χ4v) is 3.74. The van der Waals surface area contributed by atoms with E-state index in [1.54, 1.807) is 54.6 Å². The Kier molecular flexibility index (Phi) is 6.41. The predicted molar refractivity (Wildman–Crippen MR) is 124 cm³/mol. The molecule has 0 unspecified atom stereocenters. The average molecular weight is 474 g/mol. The summed E-state index contributed by atoms with van der Waals surface area (Å²) in [5.74, 6) is -3.92. The number of hydrogen-bond donors (Lipinski definition) is 1. The molecule has 0 atom stereocenters. The van der Waals surface area contributed by atoms with Crippen LogP contribution in [0.15, 0.2) is 72.8 Å². The number of hydrogen-bond acceptors (Lipinski definition) is 6. The fraction of sp³-hybridized carbons (Fsp3) is 0.0769. The average Bonchev–Trinajstić information content (AvgIpc) is 3.28. The van der Waals surface area contributed by atoms with Crippen LogP contribution >= 0.6 is 0 Å². The standard InChI is InChI=1S/C26H19FN2O6/c1-34-25(32)21-22(28-29(23(21)26(33)35-2)16-8-4-3-5-9-16)18-11-7-6-10-17(18)15-12-13-19(24(30)31)20(27)14-15/h3-14H,1-2H3,(H,30,31). The summed E-state index contributed by atoms with van der Waals surface area (Å²) in [5.41, 5.74) is 1.09. The van der Waals surface area contributed by atoms with E-state index in [1.807, 2.05) is 0 Å². The molecule has 9 heteroatoms. The maximum absolute atomic E-state index is 14.5. The van der Waals surface area contributed by atoms with Crippen molar-refractivity contribution in [2.45, 2.75) is 0 Å². The van der Waals surface area contributed by atoms with E-state index in [-0.39, 0.29) is 17.0 Å². The highest BCUT2D eigenvalue weighted by Crippen LogP contribution is 2.36. The lowest BCUT2D eigenvalue weighted by Gasteiger charge is -2.10. The van der Waals surface area contributed by atoms with Gasteiger partial charge in [0.15, 0.2) is 5.69 Å². The molecule has 0 saturated carbocycles. The lowest BCUT2D eigenvalue weighted by atomic mass is 9.94. The van der Waals surface area contributed by atoms with Crippen molar-refractivity contribution in [3.8, 4) is 28.1 Å². The maximum Gasteiger partial charge on any atom is 0.357 e. The molecule has 1 N–H and O–H groups in total. The van der Waals surface area contributed by atoms with Crippen LogP contribution in [-0.2, 0) is 9.47 Å². The molecule has 35 heavy (non-hydrogen) atoms. The molecule has 0 aliphatic heterocycles. The van der Waals surface area contributed by atoms with Crippen molar-refractivity contribution >= 4 is 17.9 Å². The number of ether oxygens (including phenoxy) is 2. The van der Waals surface area contributed by atoms with Crippen LogP contribution in [0.1, 0.15) is 31.2 Å². The molecular formula is C26H19FN2O6. The molecule has 0 fully saturated rings. The van der Waals surface area contributed by atoms with E-state index in [2.05, 4.69) is 5.10 Å². The molecule has 0 bridgehead atoms. The van der Waals surface area contributed by atoms with Gasteiger partial charge >= 0.3 is 17.9 Å². The van der Waals surface area contributed by atoms with Crippen molar-refractivity contribution in [3.63, 3.8) is 0 Å². The summed E-state index contributed by atoms with van der Waals surface area (Å²) in [4.78, 5) is 36.9. The maximum atomic E-state index is 14.5. The number of halogens is 1. The first-order valence-electron chi connectivity index (χ1n) is 10.3. The Bertz CT molecular complexity index is 1450. The molecule has 4 rings (SSSR count). The van der Waals surface area contributed by atoms with E-state index in [1.165, 1.54) is 25.0 Å². The zero-order valence-corrected chi connectivity index (χ0v) is 18.7. The predicted octanol–water partition coefficient (Wildman–Crippen LogP) is 4.62. The Labute approximate surface area is 199 Å². The van der Waals surface area contributed by atoms with Gasteiger partial charge in [-0.3, -0.25) is 0 Å². The summed E-state index contributed by atoms with van der Waals surface area (Å²) in [7, 11) is 2.37. The normalized spacial score (nSPS) is 10.6. The van der Waals surface area contributed by atoms with Crippen LogP contribution in [0.4, 0.5) is 4.39 Å². The van der Waals surface area contributed by atoms with E-state index >= 15 is 0 Å². The van der Waals surface area contributed by atoms with E-state index in [4.69, 9.17) is 14.6 Å². The Morgan fingerprint density at radius 3 is 2.09 bits per heavy atom. The number of nitrogens with zero attached hydrogens (tertiary/aromatic N) is 2. The third-order valence-corrected chi connectivity index (χ3v) is 5.35. The second-order valence-electron chi connectivity index (χ2n) is 7.35. The number of carbonyl (C=O) groups is 3. The number of para-hydroxylation sites is 1. The quantitative estimate of drug-likeness (QED) is 0.407. The van der Waals surface area contributed by atoms with Crippen LogP contribution in [0, 0.1) is 5.82 Å². The zero-order valence-electron chi connectivity index (χ0n) is 18.7. The van der Waals surface area contributed by atoms with Crippen LogP contribution in [0.5, 0.6) is 0 Å². The number of methoxy groups -OCH3 is 2. The minimum Gasteiger partial charge on any atom is -0.478 e. The highest BCUT2D eigenvalue weighted by molar-refractivity contribution is 6.08. The molecule has 1 heterocycles. The molecule has 4 aromatic rings. The van der Waals surface area contributed by atoms with Crippen molar-refractivity contribution < 1.29 is 33.4 Å². The van der Waals surface area contributed by atoms with Gasteiger partial charge in [0.2, 0.25) is 0 Å². The van der Waals surface area contributed by atoms with Gasteiger partial charge in [-0.15, -0.1) is 0 Å². The monoisotopic (exact) mass is 474 g/mol. The van der Waals surface area contributed by atoms with Crippen LogP contribution in [0.2, 0.25) is 0 Å². The topological polar surface area (TPSA) is 108 Å². The lowest BCUT2D eigenvalue weighted by Crippen LogP contribution is -2.15. The van der Waals surface area contributed by atoms with Gasteiger partial charge in [0.1, 0.15) is 17.1 Å². The van der Waals surface area contributed by atoms with Crippen LogP contribution in [0.25, 0.3) is 28.1 Å². The fourth-order valence-electron chi connectivity index (χ4n) is 3.74. The number of benzene rings is 3. The molecule has 8 nitrogen and oxygen atoms in total. The van der Waals surface area contributed by atoms with Crippen LogP contribution in [0.3, 0.4) is 0 Å². The molecule has 0 amide bonds. The number of aromatic carboxylic acids is 1. The molecule has 0 spiro atoms. The van der Waals surface area contributed by atoms with Crippen LogP contribution < -0.4 is 0 Å². The van der Waals surface area contributed by atoms with Gasteiger partial charge in [0.05, 0.1) is 25.5 Å². The number of carboxylic acids is 1. The Morgan fingerprint density at radius 2 is 1.49 bits per heavy atom. The van der Waals surface area contributed by atoms with Gasteiger partial charge in [-0.1, -0.05) is 48.5 Å². The second kappa shape index (κ2) is 9.60. The van der Waals surface area contributed by atoms with Crippen molar-refractivity contribution in [2.75, 3.05) is 14.2 Å². The van der Waals surface area contributed by atoms with Crippen molar-refractivity contribution in [2.24, 2.45) is 0 Å². The zero-order chi connectivity index (χ0) is 25.1.